The number of rotatable bonds is 1. The van der Waals surface area contributed by atoms with Crippen LogP contribution in [0.15, 0.2) is 21.6 Å². The molecule has 2 aromatic heterocycles. The lowest BCUT2D eigenvalue weighted by Crippen LogP contribution is -2.15. The molecule has 13 heavy (non-hydrogen) atoms. The van der Waals surface area contributed by atoms with Gasteiger partial charge in [-0.15, -0.1) is 0 Å². The van der Waals surface area contributed by atoms with Crippen molar-refractivity contribution in [3.8, 4) is 11.5 Å². The third-order valence-electron chi connectivity index (χ3n) is 1.35. The van der Waals surface area contributed by atoms with E-state index in [-0.39, 0.29) is 11.8 Å². The SMILES string of the molecule is Nc1nc(-c2ccon2)[nH]c(=O)n1. The third kappa shape index (κ3) is 1.39. The van der Waals surface area contributed by atoms with Gasteiger partial charge in [-0.3, -0.25) is 4.98 Å². The number of nitrogens with two attached hydrogens (primary N) is 1. The Labute approximate surface area is 71.6 Å². The van der Waals surface area contributed by atoms with Crippen LogP contribution >= 0.6 is 0 Å². The number of nitrogen functional groups attached to an aromatic ring is 1. The van der Waals surface area contributed by atoms with Crippen LogP contribution in [0.25, 0.3) is 11.5 Å². The molecular weight excluding hydrogens is 174 g/mol. The van der Waals surface area contributed by atoms with E-state index in [1.807, 2.05) is 0 Å². The van der Waals surface area contributed by atoms with Crippen molar-refractivity contribution in [1.29, 1.82) is 0 Å². The van der Waals surface area contributed by atoms with Crippen LogP contribution in [0, 0.1) is 0 Å². The molecule has 2 rings (SSSR count). The van der Waals surface area contributed by atoms with Crippen molar-refractivity contribution in [2.24, 2.45) is 0 Å². The number of aromatic nitrogens is 4. The van der Waals surface area contributed by atoms with Crippen LogP contribution in [-0.4, -0.2) is 20.1 Å². The Kier molecular flexibility index (Phi) is 1.55. The number of hydrogen-bond donors (Lipinski definition) is 2. The molecule has 7 heteroatoms. The van der Waals surface area contributed by atoms with Crippen molar-refractivity contribution in [1.82, 2.24) is 20.1 Å². The van der Waals surface area contributed by atoms with Gasteiger partial charge in [0.2, 0.25) is 5.95 Å². The summed E-state index contributed by atoms with van der Waals surface area (Å²) < 4.78 is 4.58. The zero-order chi connectivity index (χ0) is 9.26. The lowest BCUT2D eigenvalue weighted by Gasteiger charge is -1.94. The zero-order valence-electron chi connectivity index (χ0n) is 6.39. The van der Waals surface area contributed by atoms with E-state index < -0.39 is 5.69 Å². The number of anilines is 1. The lowest BCUT2D eigenvalue weighted by molar-refractivity contribution is 0.421. The van der Waals surface area contributed by atoms with Gasteiger partial charge in [0.25, 0.3) is 0 Å². The van der Waals surface area contributed by atoms with Crippen molar-refractivity contribution in [3.63, 3.8) is 0 Å². The second kappa shape index (κ2) is 2.70. The van der Waals surface area contributed by atoms with E-state index in [0.717, 1.165) is 0 Å². The minimum Gasteiger partial charge on any atom is -0.368 e. The average Bonchev–Trinajstić information content (AvgIpc) is 2.53. The third-order valence-corrected chi connectivity index (χ3v) is 1.35. The van der Waals surface area contributed by atoms with E-state index in [1.165, 1.54) is 6.26 Å². The smallest absolute Gasteiger partial charge is 0.349 e. The van der Waals surface area contributed by atoms with Crippen molar-refractivity contribution in [2.45, 2.75) is 0 Å². The maximum absolute atomic E-state index is 10.9. The summed E-state index contributed by atoms with van der Waals surface area (Å²) in [4.78, 5) is 20.3. The first-order chi connectivity index (χ1) is 6.25. The van der Waals surface area contributed by atoms with Crippen LogP contribution in [-0.2, 0) is 0 Å². The van der Waals surface area contributed by atoms with Gasteiger partial charge in [0.15, 0.2) is 5.82 Å². The molecule has 2 heterocycles. The highest BCUT2D eigenvalue weighted by Gasteiger charge is 2.05. The normalized spacial score (nSPS) is 10.2. The van der Waals surface area contributed by atoms with Gasteiger partial charge >= 0.3 is 5.69 Å². The fraction of sp³-hybridized carbons (Fsp3) is 0. The Morgan fingerprint density at radius 1 is 1.46 bits per heavy atom. The molecule has 0 fully saturated rings. The average molecular weight is 179 g/mol. The summed E-state index contributed by atoms with van der Waals surface area (Å²) in [6, 6.07) is 1.55. The van der Waals surface area contributed by atoms with Crippen molar-refractivity contribution >= 4 is 5.95 Å². The molecular formula is C6H5N5O2. The summed E-state index contributed by atoms with van der Waals surface area (Å²) in [7, 11) is 0. The van der Waals surface area contributed by atoms with Gasteiger partial charge < -0.3 is 10.3 Å². The van der Waals surface area contributed by atoms with Crippen LogP contribution in [0.3, 0.4) is 0 Å². The molecule has 0 bridgehead atoms. The Bertz CT molecular complexity index is 460. The van der Waals surface area contributed by atoms with Crippen LogP contribution in [0.1, 0.15) is 0 Å². The molecule has 3 N–H and O–H groups in total. The largest absolute Gasteiger partial charge is 0.368 e. The predicted molar refractivity (Wildman–Crippen MR) is 42.6 cm³/mol. The Morgan fingerprint density at radius 2 is 2.31 bits per heavy atom. The summed E-state index contributed by atoms with van der Waals surface area (Å²) in [6.07, 6.45) is 1.37. The van der Waals surface area contributed by atoms with E-state index in [4.69, 9.17) is 5.73 Å². The molecule has 0 aliphatic carbocycles. The molecule has 0 aliphatic heterocycles. The first kappa shape index (κ1) is 7.47. The van der Waals surface area contributed by atoms with Gasteiger partial charge in [-0.05, 0) is 0 Å². The second-order valence-electron chi connectivity index (χ2n) is 2.25. The molecule has 2 aromatic rings. The highest BCUT2D eigenvalue weighted by atomic mass is 16.5. The van der Waals surface area contributed by atoms with Gasteiger partial charge in [-0.25, -0.2) is 4.79 Å². The molecule has 0 spiro atoms. The van der Waals surface area contributed by atoms with E-state index in [0.29, 0.717) is 5.69 Å². The molecule has 0 aliphatic rings. The quantitative estimate of drug-likeness (QED) is 0.604. The fourth-order valence-corrected chi connectivity index (χ4v) is 0.857. The standard InChI is InChI=1S/C6H5N5O2/c7-5-8-4(9-6(12)10-5)3-1-2-13-11-3/h1-2H,(H3,7,8,9,10,12). The molecule has 66 valence electrons. The summed E-state index contributed by atoms with van der Waals surface area (Å²) in [6.45, 7) is 0. The highest BCUT2D eigenvalue weighted by Crippen LogP contribution is 2.08. The summed E-state index contributed by atoms with van der Waals surface area (Å²) in [5.41, 5.74) is 5.11. The van der Waals surface area contributed by atoms with Crippen LogP contribution < -0.4 is 11.4 Å². The van der Waals surface area contributed by atoms with Gasteiger partial charge in [0.05, 0.1) is 0 Å². The molecule has 0 amide bonds. The molecule has 0 saturated heterocycles. The Morgan fingerprint density at radius 3 is 2.92 bits per heavy atom. The molecule has 0 saturated carbocycles. The zero-order valence-corrected chi connectivity index (χ0v) is 6.39. The number of hydrogen-bond acceptors (Lipinski definition) is 6. The lowest BCUT2D eigenvalue weighted by atomic mass is 10.4. The van der Waals surface area contributed by atoms with Crippen molar-refractivity contribution < 1.29 is 4.52 Å². The summed E-state index contributed by atoms with van der Waals surface area (Å²) in [5.74, 6) is 0.146. The van der Waals surface area contributed by atoms with Gasteiger partial charge in [0, 0.05) is 6.07 Å². The minimum absolute atomic E-state index is 0.0956. The molecule has 0 radical (unpaired) electrons. The van der Waals surface area contributed by atoms with E-state index >= 15 is 0 Å². The summed E-state index contributed by atoms with van der Waals surface area (Å²) >= 11 is 0. The Hall–Kier alpha value is -2.18. The van der Waals surface area contributed by atoms with Crippen molar-refractivity contribution in [3.05, 3.63) is 22.8 Å². The second-order valence-corrected chi connectivity index (χ2v) is 2.25. The predicted octanol–water partition coefficient (Wildman–Crippen LogP) is -0.598. The van der Waals surface area contributed by atoms with Crippen LogP contribution in [0.4, 0.5) is 5.95 Å². The minimum atomic E-state index is -0.564. The van der Waals surface area contributed by atoms with Crippen LogP contribution in [0.2, 0.25) is 0 Å². The number of H-pyrrole nitrogens is 1. The Balaban J connectivity index is 2.59. The van der Waals surface area contributed by atoms with Gasteiger partial charge in [0.1, 0.15) is 12.0 Å². The summed E-state index contributed by atoms with van der Waals surface area (Å²) in [5, 5.41) is 3.58. The topological polar surface area (TPSA) is 111 Å². The maximum atomic E-state index is 10.9. The molecule has 0 unspecified atom stereocenters. The van der Waals surface area contributed by atoms with Gasteiger partial charge in [-0.1, -0.05) is 5.16 Å². The first-order valence-electron chi connectivity index (χ1n) is 3.40. The van der Waals surface area contributed by atoms with E-state index in [2.05, 4.69) is 24.6 Å². The molecule has 0 atom stereocenters. The maximum Gasteiger partial charge on any atom is 0.349 e. The number of aromatic amines is 1. The van der Waals surface area contributed by atoms with Gasteiger partial charge in [-0.2, -0.15) is 9.97 Å². The monoisotopic (exact) mass is 179 g/mol. The highest BCUT2D eigenvalue weighted by molar-refractivity contribution is 5.47. The number of nitrogens with one attached hydrogen (secondary N) is 1. The first-order valence-corrected chi connectivity index (χ1v) is 3.40. The fourth-order valence-electron chi connectivity index (χ4n) is 0.857. The van der Waals surface area contributed by atoms with Crippen LogP contribution in [0.5, 0.6) is 0 Å². The van der Waals surface area contributed by atoms with E-state index in [9.17, 15) is 4.79 Å². The molecule has 7 nitrogen and oxygen atoms in total. The van der Waals surface area contributed by atoms with E-state index in [1.54, 1.807) is 6.07 Å². The van der Waals surface area contributed by atoms with Crippen molar-refractivity contribution in [2.75, 3.05) is 5.73 Å². The number of nitrogens with zero attached hydrogens (tertiary/aromatic N) is 3. The molecule has 0 aromatic carbocycles.